The van der Waals surface area contributed by atoms with Crippen molar-refractivity contribution in [2.24, 2.45) is 5.92 Å². The van der Waals surface area contributed by atoms with Crippen LogP contribution in [0.3, 0.4) is 0 Å². The summed E-state index contributed by atoms with van der Waals surface area (Å²) >= 11 is 0. The molecule has 0 N–H and O–H groups in total. The van der Waals surface area contributed by atoms with Crippen LogP contribution in [-0.2, 0) is 6.42 Å². The van der Waals surface area contributed by atoms with E-state index in [1.165, 1.54) is 5.56 Å². The Morgan fingerprint density at radius 1 is 1.04 bits per heavy atom. The first-order valence-corrected chi connectivity index (χ1v) is 8.26. The van der Waals surface area contributed by atoms with Crippen LogP contribution in [0.15, 0.2) is 48.5 Å². The fraction of sp³-hybridized carbons (Fsp3) is 0.350. The molecule has 4 nitrogen and oxygen atoms in total. The predicted octanol–water partition coefficient (Wildman–Crippen LogP) is 3.06. The molecule has 1 atom stereocenters. The molecular weight excluding hydrogens is 302 g/mol. The van der Waals surface area contributed by atoms with E-state index in [9.17, 15) is 4.79 Å². The highest BCUT2D eigenvalue weighted by Gasteiger charge is 2.23. The summed E-state index contributed by atoms with van der Waals surface area (Å²) < 4.78 is 11.1. The molecule has 2 aromatic carbocycles. The minimum Gasteiger partial charge on any atom is -0.486 e. The topological polar surface area (TPSA) is 38.8 Å². The number of carbonyl (C=O) groups is 1. The monoisotopic (exact) mass is 325 g/mol. The Hall–Kier alpha value is -2.33. The standard InChI is InChI=1S/C20H23NO3/c1-21(2)14-17(12-15-6-4-3-5-7-15)20(22)16-8-9-18-19(13-16)24-11-10-23-18/h3-9,13,17H,10-12,14H2,1-2H3. The summed E-state index contributed by atoms with van der Waals surface area (Å²) in [7, 11) is 3.99. The highest BCUT2D eigenvalue weighted by atomic mass is 16.6. The summed E-state index contributed by atoms with van der Waals surface area (Å²) in [4.78, 5) is 15.1. The predicted molar refractivity (Wildman–Crippen MR) is 94.0 cm³/mol. The first kappa shape index (κ1) is 16.5. The van der Waals surface area contributed by atoms with Crippen LogP contribution in [-0.4, -0.2) is 44.5 Å². The second-order valence-electron chi connectivity index (χ2n) is 6.37. The molecule has 1 aliphatic heterocycles. The van der Waals surface area contributed by atoms with Crippen molar-refractivity contribution in [2.45, 2.75) is 6.42 Å². The lowest BCUT2D eigenvalue weighted by Gasteiger charge is -2.22. The van der Waals surface area contributed by atoms with Gasteiger partial charge in [-0.2, -0.15) is 0 Å². The zero-order valence-electron chi connectivity index (χ0n) is 14.2. The summed E-state index contributed by atoms with van der Waals surface area (Å²) in [6.45, 7) is 1.79. The highest BCUT2D eigenvalue weighted by molar-refractivity contribution is 5.98. The second-order valence-corrected chi connectivity index (χ2v) is 6.37. The Morgan fingerprint density at radius 2 is 1.75 bits per heavy atom. The second kappa shape index (κ2) is 7.49. The van der Waals surface area contributed by atoms with E-state index in [-0.39, 0.29) is 11.7 Å². The zero-order chi connectivity index (χ0) is 16.9. The van der Waals surface area contributed by atoms with Crippen LogP contribution >= 0.6 is 0 Å². The maximum Gasteiger partial charge on any atom is 0.167 e. The van der Waals surface area contributed by atoms with E-state index in [1.807, 2.05) is 50.5 Å². The first-order valence-electron chi connectivity index (χ1n) is 8.26. The van der Waals surface area contributed by atoms with Crippen molar-refractivity contribution in [2.75, 3.05) is 33.9 Å². The van der Waals surface area contributed by atoms with Crippen LogP contribution in [0, 0.1) is 5.92 Å². The van der Waals surface area contributed by atoms with Gasteiger partial charge in [0.25, 0.3) is 0 Å². The molecule has 0 fully saturated rings. The molecule has 0 spiro atoms. The summed E-state index contributed by atoms with van der Waals surface area (Å²) in [5, 5.41) is 0. The first-order chi connectivity index (χ1) is 11.6. The quantitative estimate of drug-likeness (QED) is 0.765. The van der Waals surface area contributed by atoms with E-state index in [4.69, 9.17) is 9.47 Å². The van der Waals surface area contributed by atoms with Crippen LogP contribution in [0.5, 0.6) is 11.5 Å². The normalized spacial score (nSPS) is 14.5. The van der Waals surface area contributed by atoms with Crippen molar-refractivity contribution in [1.29, 1.82) is 0 Å². The molecule has 0 aromatic heterocycles. The molecule has 2 aromatic rings. The van der Waals surface area contributed by atoms with E-state index in [0.717, 1.165) is 6.42 Å². The van der Waals surface area contributed by atoms with Crippen LogP contribution < -0.4 is 9.47 Å². The Bertz CT molecular complexity index is 697. The number of rotatable bonds is 6. The van der Waals surface area contributed by atoms with Gasteiger partial charge in [-0.05, 0) is 44.3 Å². The van der Waals surface area contributed by atoms with Gasteiger partial charge in [0, 0.05) is 18.0 Å². The van der Waals surface area contributed by atoms with Gasteiger partial charge in [-0.3, -0.25) is 4.79 Å². The number of ketones is 1. The van der Waals surface area contributed by atoms with Gasteiger partial charge in [0.15, 0.2) is 17.3 Å². The van der Waals surface area contributed by atoms with Crippen molar-refractivity contribution in [1.82, 2.24) is 4.90 Å². The maximum absolute atomic E-state index is 13.0. The van der Waals surface area contributed by atoms with Crippen LogP contribution in [0.2, 0.25) is 0 Å². The molecule has 1 unspecified atom stereocenters. The number of Topliss-reactive ketones (excluding diaryl/α,β-unsaturated/α-hetero) is 1. The molecule has 0 saturated heterocycles. The van der Waals surface area contributed by atoms with Crippen molar-refractivity contribution in [3.63, 3.8) is 0 Å². The number of hydrogen-bond acceptors (Lipinski definition) is 4. The third-order valence-corrected chi connectivity index (χ3v) is 4.11. The molecule has 0 bridgehead atoms. The molecule has 1 heterocycles. The van der Waals surface area contributed by atoms with Crippen LogP contribution in [0.25, 0.3) is 0 Å². The average molecular weight is 325 g/mol. The average Bonchev–Trinajstić information content (AvgIpc) is 2.60. The fourth-order valence-corrected chi connectivity index (χ4v) is 3.01. The van der Waals surface area contributed by atoms with E-state index < -0.39 is 0 Å². The molecule has 0 aliphatic carbocycles. The number of carbonyl (C=O) groups excluding carboxylic acids is 1. The van der Waals surface area contributed by atoms with Crippen LogP contribution in [0.4, 0.5) is 0 Å². The Labute approximate surface area is 143 Å². The van der Waals surface area contributed by atoms with Crippen molar-refractivity contribution in [3.8, 4) is 11.5 Å². The summed E-state index contributed by atoms with van der Waals surface area (Å²) in [5.41, 5.74) is 1.86. The lowest BCUT2D eigenvalue weighted by atomic mass is 9.90. The third-order valence-electron chi connectivity index (χ3n) is 4.11. The largest absolute Gasteiger partial charge is 0.486 e. The molecule has 1 aliphatic rings. The SMILES string of the molecule is CN(C)CC(Cc1ccccc1)C(=O)c1ccc2c(c1)OCCO2. The minimum atomic E-state index is -0.0926. The Kier molecular flexibility index (Phi) is 5.16. The van der Waals surface area contributed by atoms with Gasteiger partial charge in [0.1, 0.15) is 13.2 Å². The zero-order valence-corrected chi connectivity index (χ0v) is 14.2. The molecule has 0 saturated carbocycles. The van der Waals surface area contributed by atoms with E-state index in [2.05, 4.69) is 17.0 Å². The molecule has 126 valence electrons. The third kappa shape index (κ3) is 3.95. The molecule has 0 amide bonds. The molecule has 0 radical (unpaired) electrons. The molecule has 4 heteroatoms. The van der Waals surface area contributed by atoms with Crippen molar-refractivity contribution in [3.05, 3.63) is 59.7 Å². The lowest BCUT2D eigenvalue weighted by molar-refractivity contribution is 0.0895. The van der Waals surface area contributed by atoms with Gasteiger partial charge in [0.05, 0.1) is 0 Å². The number of nitrogens with zero attached hydrogens (tertiary/aromatic N) is 1. The minimum absolute atomic E-state index is 0.0926. The van der Waals surface area contributed by atoms with Crippen LogP contribution in [0.1, 0.15) is 15.9 Å². The molecule has 24 heavy (non-hydrogen) atoms. The van der Waals surface area contributed by atoms with Crippen molar-refractivity contribution >= 4 is 5.78 Å². The van der Waals surface area contributed by atoms with Gasteiger partial charge in [-0.15, -0.1) is 0 Å². The van der Waals surface area contributed by atoms with Gasteiger partial charge in [-0.25, -0.2) is 0 Å². The smallest absolute Gasteiger partial charge is 0.167 e. The number of hydrogen-bond donors (Lipinski definition) is 0. The van der Waals surface area contributed by atoms with E-state index in [0.29, 0.717) is 36.8 Å². The Morgan fingerprint density at radius 3 is 2.46 bits per heavy atom. The van der Waals surface area contributed by atoms with Gasteiger partial charge >= 0.3 is 0 Å². The maximum atomic E-state index is 13.0. The number of ether oxygens (including phenoxy) is 2. The van der Waals surface area contributed by atoms with Gasteiger partial charge < -0.3 is 14.4 Å². The highest BCUT2D eigenvalue weighted by Crippen LogP contribution is 2.31. The summed E-state index contributed by atoms with van der Waals surface area (Å²) in [5.74, 6) is 1.43. The number of fused-ring (bicyclic) bond motifs is 1. The summed E-state index contributed by atoms with van der Waals surface area (Å²) in [6.07, 6.45) is 0.728. The van der Waals surface area contributed by atoms with Gasteiger partial charge in [0.2, 0.25) is 0 Å². The lowest BCUT2D eigenvalue weighted by Crippen LogP contribution is -2.30. The summed E-state index contributed by atoms with van der Waals surface area (Å²) in [6, 6.07) is 15.6. The Balaban J connectivity index is 1.82. The van der Waals surface area contributed by atoms with Crippen molar-refractivity contribution < 1.29 is 14.3 Å². The molecular formula is C20H23NO3. The van der Waals surface area contributed by atoms with Gasteiger partial charge in [-0.1, -0.05) is 30.3 Å². The van der Waals surface area contributed by atoms with E-state index in [1.54, 1.807) is 0 Å². The fourth-order valence-electron chi connectivity index (χ4n) is 3.01. The van der Waals surface area contributed by atoms with E-state index >= 15 is 0 Å². The molecule has 3 rings (SSSR count). The number of benzene rings is 2.